The molecule has 0 saturated heterocycles. The molecule has 2 unspecified atom stereocenters. The lowest BCUT2D eigenvalue weighted by Gasteiger charge is -2.18. The van der Waals surface area contributed by atoms with Crippen LogP contribution in [0.4, 0.5) is 0 Å². The predicted octanol–water partition coefficient (Wildman–Crippen LogP) is 13.0. The second kappa shape index (κ2) is 46.8. The number of rotatable bonds is 44. The minimum Gasteiger partial charge on any atom is -0.480 e. The molecule has 0 aliphatic rings. The number of allylic oxidation sites excluding steroid dienone is 12. The number of carbonyl (C=O) groups excluding carboxylic acids is 3. The topological polar surface area (TPSA) is 142 Å². The average molecular weight is 867 g/mol. The van der Waals surface area contributed by atoms with Crippen LogP contribution < -0.4 is 10.6 Å². The summed E-state index contributed by atoms with van der Waals surface area (Å²) in [4.78, 5) is 47.7. The van der Waals surface area contributed by atoms with E-state index in [-0.39, 0.29) is 30.9 Å². The first-order valence-corrected chi connectivity index (χ1v) is 24.8. The van der Waals surface area contributed by atoms with Crippen molar-refractivity contribution in [3.8, 4) is 0 Å². The lowest BCUT2D eigenvalue weighted by Crippen LogP contribution is -2.47. The van der Waals surface area contributed by atoms with Crippen molar-refractivity contribution in [3.05, 3.63) is 72.9 Å². The highest BCUT2D eigenvalue weighted by Gasteiger charge is 2.19. The van der Waals surface area contributed by atoms with E-state index in [0.29, 0.717) is 12.8 Å². The summed E-state index contributed by atoms with van der Waals surface area (Å²) in [7, 11) is 0. The summed E-state index contributed by atoms with van der Waals surface area (Å²) in [6.07, 6.45) is 59.4. The molecule has 0 aromatic carbocycles. The summed E-state index contributed by atoms with van der Waals surface area (Å²) in [5.41, 5.74) is 0. The molecule has 0 aliphatic carbocycles. The van der Waals surface area contributed by atoms with Gasteiger partial charge in [-0.3, -0.25) is 14.4 Å². The van der Waals surface area contributed by atoms with Crippen molar-refractivity contribution in [2.24, 2.45) is 0 Å². The number of hydrogen-bond acceptors (Lipinski definition) is 6. The number of amides is 2. The van der Waals surface area contributed by atoms with Gasteiger partial charge >= 0.3 is 11.9 Å². The highest BCUT2D eigenvalue weighted by atomic mass is 16.5. The number of aliphatic carboxylic acids is 1. The maximum atomic E-state index is 12.8. The Bertz CT molecular complexity index is 1270. The molecule has 0 rings (SSSR count). The van der Waals surface area contributed by atoms with Crippen LogP contribution in [0.15, 0.2) is 72.9 Å². The molecule has 0 radical (unpaired) electrons. The molecule has 0 saturated carbocycles. The monoisotopic (exact) mass is 867 g/mol. The van der Waals surface area contributed by atoms with Gasteiger partial charge in [-0.15, -0.1) is 0 Å². The fraction of sp³-hybridized carbons (Fsp3) is 0.698. The van der Waals surface area contributed by atoms with Crippen LogP contribution in [0.3, 0.4) is 0 Å². The first-order chi connectivity index (χ1) is 30.3. The van der Waals surface area contributed by atoms with Gasteiger partial charge in [0, 0.05) is 12.8 Å². The second-order valence-electron chi connectivity index (χ2n) is 16.5. The zero-order valence-corrected chi connectivity index (χ0v) is 39.4. The standard InChI is InChI=1S/C53H90N2O7/c1-3-5-7-9-11-13-15-16-17-18-19-20-21-22-23-24-25-26-28-30-32-37-41-45-52(59)62-48(42-38-34-31-29-27-14-12-10-8-6-4-2)43-39-35-33-36-40-44-50(57)54-46-51(58)55-49(47-56)53(60)61/h5,7,11-14,16-17,19-20,29,31,48-49,56H,3-4,6,8-10,15,18,21-28,30,32-47H2,1-2H3,(H,54,57)(H,55,58)(H,60,61)/b7-5-,13-11-,14-12-,17-16-,20-19-,31-29-. The number of ether oxygens (including phenoxy) is 1. The highest BCUT2D eigenvalue weighted by molar-refractivity contribution is 5.87. The van der Waals surface area contributed by atoms with E-state index >= 15 is 0 Å². The molecule has 0 aromatic rings. The van der Waals surface area contributed by atoms with E-state index in [4.69, 9.17) is 14.9 Å². The number of aliphatic hydroxyl groups excluding tert-OH is 1. The molecule has 0 spiro atoms. The Morgan fingerprint density at radius 2 is 0.935 bits per heavy atom. The molecule has 2 atom stereocenters. The molecular weight excluding hydrogens is 777 g/mol. The molecule has 0 bridgehead atoms. The van der Waals surface area contributed by atoms with Crippen LogP contribution in [-0.2, 0) is 23.9 Å². The normalized spacial score (nSPS) is 13.1. The van der Waals surface area contributed by atoms with Crippen LogP contribution in [0, 0.1) is 0 Å². The second-order valence-corrected chi connectivity index (χ2v) is 16.5. The largest absolute Gasteiger partial charge is 0.480 e. The van der Waals surface area contributed by atoms with E-state index in [1.165, 1.54) is 77.0 Å². The van der Waals surface area contributed by atoms with Crippen LogP contribution in [0.1, 0.15) is 213 Å². The zero-order valence-electron chi connectivity index (χ0n) is 39.4. The molecule has 0 fully saturated rings. The third-order valence-electron chi connectivity index (χ3n) is 10.7. The predicted molar refractivity (Wildman–Crippen MR) is 259 cm³/mol. The number of nitrogens with one attached hydrogen (secondary N) is 2. The van der Waals surface area contributed by atoms with Gasteiger partial charge in [0.15, 0.2) is 0 Å². The summed E-state index contributed by atoms with van der Waals surface area (Å²) >= 11 is 0. The number of carboxylic acid groups (broad SMARTS) is 1. The molecule has 4 N–H and O–H groups in total. The lowest BCUT2D eigenvalue weighted by molar-refractivity contribution is -0.150. The Morgan fingerprint density at radius 1 is 0.500 bits per heavy atom. The van der Waals surface area contributed by atoms with E-state index in [2.05, 4.69) is 97.4 Å². The quantitative estimate of drug-likeness (QED) is 0.0271. The van der Waals surface area contributed by atoms with Crippen molar-refractivity contribution in [3.63, 3.8) is 0 Å². The van der Waals surface area contributed by atoms with E-state index in [0.717, 1.165) is 103 Å². The van der Waals surface area contributed by atoms with E-state index in [1.54, 1.807) is 0 Å². The van der Waals surface area contributed by atoms with Crippen LogP contribution in [0.2, 0.25) is 0 Å². The Morgan fingerprint density at radius 3 is 1.45 bits per heavy atom. The minimum atomic E-state index is -1.39. The number of aliphatic hydroxyl groups is 1. The van der Waals surface area contributed by atoms with Crippen molar-refractivity contribution in [1.82, 2.24) is 10.6 Å². The number of carboxylic acids is 1. The van der Waals surface area contributed by atoms with Gasteiger partial charge in [0.05, 0.1) is 13.2 Å². The molecule has 0 aliphatic heterocycles. The summed E-state index contributed by atoms with van der Waals surface area (Å²) in [6, 6.07) is -1.39. The maximum Gasteiger partial charge on any atom is 0.328 e. The van der Waals surface area contributed by atoms with Gasteiger partial charge < -0.3 is 25.6 Å². The third kappa shape index (κ3) is 42.9. The van der Waals surface area contributed by atoms with Crippen molar-refractivity contribution in [1.29, 1.82) is 0 Å². The van der Waals surface area contributed by atoms with Crippen molar-refractivity contribution >= 4 is 23.8 Å². The minimum absolute atomic E-state index is 0.0632. The average Bonchev–Trinajstić information content (AvgIpc) is 3.26. The molecule has 9 heteroatoms. The van der Waals surface area contributed by atoms with Crippen LogP contribution in [-0.4, -0.2) is 59.3 Å². The summed E-state index contributed by atoms with van der Waals surface area (Å²) in [5, 5.41) is 22.6. The molecule has 354 valence electrons. The first kappa shape index (κ1) is 58.3. The fourth-order valence-corrected chi connectivity index (χ4v) is 6.92. The van der Waals surface area contributed by atoms with Gasteiger partial charge in [0.25, 0.3) is 0 Å². The van der Waals surface area contributed by atoms with E-state index in [1.807, 2.05) is 0 Å². The molecule has 0 aromatic heterocycles. The fourth-order valence-electron chi connectivity index (χ4n) is 6.92. The van der Waals surface area contributed by atoms with Crippen molar-refractivity contribution in [2.75, 3.05) is 13.2 Å². The Hall–Kier alpha value is -3.72. The van der Waals surface area contributed by atoms with Gasteiger partial charge in [-0.1, -0.05) is 170 Å². The SMILES string of the molecule is CC/C=C\C/C=C\C/C=C\C/C=C\CCCCCCCCCCCCC(=O)OC(CCC/C=C\C/C=C\CCCCC)CCCCCCCC(=O)NCC(=O)NC(CO)C(=O)O. The molecular formula is C53H90N2O7. The first-order valence-electron chi connectivity index (χ1n) is 24.8. The van der Waals surface area contributed by atoms with Gasteiger partial charge in [-0.25, -0.2) is 4.79 Å². The van der Waals surface area contributed by atoms with Crippen molar-refractivity contribution in [2.45, 2.75) is 225 Å². The Balaban J connectivity index is 4.25. The van der Waals surface area contributed by atoms with Gasteiger partial charge in [0.2, 0.25) is 11.8 Å². The third-order valence-corrected chi connectivity index (χ3v) is 10.7. The van der Waals surface area contributed by atoms with Crippen LogP contribution in [0.25, 0.3) is 0 Å². The Kier molecular flexibility index (Phi) is 44.0. The maximum absolute atomic E-state index is 12.8. The van der Waals surface area contributed by atoms with Crippen LogP contribution >= 0.6 is 0 Å². The number of carbonyl (C=O) groups is 4. The van der Waals surface area contributed by atoms with Gasteiger partial charge in [-0.2, -0.15) is 0 Å². The van der Waals surface area contributed by atoms with Crippen molar-refractivity contribution < 1.29 is 34.1 Å². The number of unbranched alkanes of at least 4 members (excludes halogenated alkanes) is 18. The van der Waals surface area contributed by atoms with Gasteiger partial charge in [0.1, 0.15) is 12.1 Å². The number of esters is 1. The van der Waals surface area contributed by atoms with Crippen LogP contribution in [0.5, 0.6) is 0 Å². The highest BCUT2D eigenvalue weighted by Crippen LogP contribution is 2.18. The Labute approximate surface area is 378 Å². The lowest BCUT2D eigenvalue weighted by atomic mass is 10.0. The summed E-state index contributed by atoms with van der Waals surface area (Å²) in [6.45, 7) is 3.34. The van der Waals surface area contributed by atoms with Gasteiger partial charge in [-0.05, 0) is 103 Å². The molecule has 0 heterocycles. The molecule has 2 amide bonds. The van der Waals surface area contributed by atoms with E-state index in [9.17, 15) is 19.2 Å². The van der Waals surface area contributed by atoms with E-state index < -0.39 is 24.5 Å². The number of hydrogen-bond donors (Lipinski definition) is 4. The summed E-state index contributed by atoms with van der Waals surface area (Å²) in [5.74, 6) is -2.33. The summed E-state index contributed by atoms with van der Waals surface area (Å²) < 4.78 is 6.02. The smallest absolute Gasteiger partial charge is 0.328 e. The molecule has 62 heavy (non-hydrogen) atoms. The molecule has 9 nitrogen and oxygen atoms in total. The zero-order chi connectivity index (χ0) is 45.4.